The van der Waals surface area contributed by atoms with E-state index in [9.17, 15) is 28.7 Å². The molecule has 11 heteroatoms. The number of amides is 2. The summed E-state index contributed by atoms with van der Waals surface area (Å²) < 4.78 is 21.2. The van der Waals surface area contributed by atoms with Gasteiger partial charge in [0.1, 0.15) is 21.7 Å². The number of likely N-dealkylation sites (tertiary alicyclic amines) is 1. The van der Waals surface area contributed by atoms with Crippen LogP contribution in [-0.2, 0) is 11.3 Å². The molecule has 1 aliphatic rings. The Balaban J connectivity index is 1.43. The van der Waals surface area contributed by atoms with Gasteiger partial charge in [-0.2, -0.15) is 0 Å². The Hall–Kier alpha value is -4.25. The molecular weight excluding hydrogens is 549 g/mol. The van der Waals surface area contributed by atoms with Gasteiger partial charge in [-0.1, -0.05) is 30.3 Å². The zero-order valence-corrected chi connectivity index (χ0v) is 23.7. The molecule has 2 aromatic carbocycles. The molecule has 0 atom stereocenters. The number of Topliss-reactive ketones (excluding diaryl/α,β-unsaturated/α-hetero) is 1. The number of halogens is 1. The van der Waals surface area contributed by atoms with Crippen LogP contribution in [0.1, 0.15) is 53.6 Å². The van der Waals surface area contributed by atoms with Crippen LogP contribution in [-0.4, -0.2) is 57.1 Å². The number of hydrogen-bond donors (Lipinski definition) is 2. The van der Waals surface area contributed by atoms with E-state index >= 15 is 0 Å². The highest BCUT2D eigenvalue weighted by Gasteiger charge is 2.30. The van der Waals surface area contributed by atoms with Gasteiger partial charge in [-0.3, -0.25) is 19.0 Å². The number of ether oxygens (including phenoxy) is 1. The zero-order chi connectivity index (χ0) is 29.5. The number of carbonyl (C=O) groups excluding carboxylic acids is 3. The van der Waals surface area contributed by atoms with E-state index < -0.39 is 34.7 Å². The maximum absolute atomic E-state index is 14.4. The first-order valence-electron chi connectivity index (χ1n) is 13.3. The number of fused-ring (bicyclic) bond motifs is 3. The van der Waals surface area contributed by atoms with E-state index in [1.165, 1.54) is 22.8 Å². The van der Waals surface area contributed by atoms with Crippen LogP contribution in [0.5, 0.6) is 5.75 Å². The standard InChI is InChI=1S/C30H30FN3O6S/c1-30(2,3)40-29(39)33-13-11-19(12-14-33)32-27(37)26-24(36)23-25(41-26)20-15-18(31)9-10-21(20)34(28(23)38)16-22(35)17-7-5-4-6-8-17/h4-10,15,19,36H,11-14,16H2,1-3H3,(H,32,37). The summed E-state index contributed by atoms with van der Waals surface area (Å²) in [6, 6.07) is 12.0. The van der Waals surface area contributed by atoms with E-state index in [4.69, 9.17) is 4.74 Å². The summed E-state index contributed by atoms with van der Waals surface area (Å²) in [5.41, 5.74) is -0.540. The number of aromatic nitrogens is 1. The lowest BCUT2D eigenvalue weighted by molar-refractivity contribution is 0.0199. The van der Waals surface area contributed by atoms with Crippen LogP contribution in [0.3, 0.4) is 0 Å². The zero-order valence-electron chi connectivity index (χ0n) is 22.9. The number of benzene rings is 2. The van der Waals surface area contributed by atoms with Crippen molar-refractivity contribution in [2.45, 2.75) is 51.8 Å². The lowest BCUT2D eigenvalue weighted by Crippen LogP contribution is -2.47. The summed E-state index contributed by atoms with van der Waals surface area (Å²) in [5.74, 6) is -1.97. The van der Waals surface area contributed by atoms with Crippen LogP contribution in [0, 0.1) is 5.82 Å². The lowest BCUT2D eigenvalue weighted by atomic mass is 10.1. The molecule has 9 nitrogen and oxygen atoms in total. The minimum atomic E-state index is -0.651. The molecule has 0 radical (unpaired) electrons. The first kappa shape index (κ1) is 28.3. The van der Waals surface area contributed by atoms with E-state index in [-0.39, 0.29) is 33.3 Å². The largest absolute Gasteiger partial charge is 0.505 e. The van der Waals surface area contributed by atoms with Crippen molar-refractivity contribution in [3.8, 4) is 5.75 Å². The molecule has 0 saturated carbocycles. The Morgan fingerprint density at radius 1 is 1.10 bits per heavy atom. The highest BCUT2D eigenvalue weighted by Crippen LogP contribution is 2.39. The van der Waals surface area contributed by atoms with Crippen LogP contribution >= 0.6 is 11.3 Å². The molecule has 41 heavy (non-hydrogen) atoms. The minimum Gasteiger partial charge on any atom is -0.505 e. The maximum Gasteiger partial charge on any atom is 0.410 e. The van der Waals surface area contributed by atoms with Gasteiger partial charge >= 0.3 is 6.09 Å². The van der Waals surface area contributed by atoms with Gasteiger partial charge in [0.2, 0.25) is 0 Å². The van der Waals surface area contributed by atoms with Crippen LogP contribution in [0.15, 0.2) is 53.3 Å². The Morgan fingerprint density at radius 2 is 1.78 bits per heavy atom. The summed E-state index contributed by atoms with van der Waals surface area (Å²) >= 11 is 0.897. The first-order chi connectivity index (χ1) is 19.4. The fourth-order valence-electron chi connectivity index (χ4n) is 4.93. The van der Waals surface area contributed by atoms with Gasteiger partial charge in [-0.25, -0.2) is 9.18 Å². The highest BCUT2D eigenvalue weighted by atomic mass is 32.1. The number of thiophene rings is 1. The van der Waals surface area contributed by atoms with E-state index in [2.05, 4.69) is 5.32 Å². The van der Waals surface area contributed by atoms with Crippen molar-refractivity contribution in [3.05, 3.63) is 75.1 Å². The van der Waals surface area contributed by atoms with E-state index in [1.54, 1.807) is 56.0 Å². The van der Waals surface area contributed by atoms with Crippen molar-refractivity contribution < 1.29 is 28.6 Å². The average molecular weight is 580 g/mol. The Morgan fingerprint density at radius 3 is 2.44 bits per heavy atom. The fourth-order valence-corrected chi connectivity index (χ4v) is 6.05. The molecule has 0 unspecified atom stereocenters. The highest BCUT2D eigenvalue weighted by molar-refractivity contribution is 7.22. The predicted octanol–water partition coefficient (Wildman–Crippen LogP) is 5.07. The number of aromatic hydroxyl groups is 1. The quantitative estimate of drug-likeness (QED) is 0.319. The molecule has 214 valence electrons. The van der Waals surface area contributed by atoms with Gasteiger partial charge < -0.3 is 20.1 Å². The van der Waals surface area contributed by atoms with Crippen molar-refractivity contribution in [2.75, 3.05) is 13.1 Å². The normalized spacial score (nSPS) is 14.4. The smallest absolute Gasteiger partial charge is 0.410 e. The molecular formula is C30H30FN3O6S. The number of carbonyl (C=O) groups is 3. The molecule has 0 aliphatic carbocycles. The molecule has 5 rings (SSSR count). The van der Waals surface area contributed by atoms with Crippen LogP contribution < -0.4 is 10.9 Å². The van der Waals surface area contributed by atoms with Crippen LogP contribution in [0.2, 0.25) is 0 Å². The fraction of sp³-hybridized carbons (Fsp3) is 0.333. The number of nitrogens with zero attached hydrogens (tertiary/aromatic N) is 2. The minimum absolute atomic E-state index is 0.0793. The molecule has 0 bridgehead atoms. The predicted molar refractivity (Wildman–Crippen MR) is 154 cm³/mol. The second kappa shape index (κ2) is 11.0. The summed E-state index contributed by atoms with van der Waals surface area (Å²) in [6.07, 6.45) is 0.559. The second-order valence-corrected chi connectivity index (χ2v) is 12.1. The number of hydrogen-bond acceptors (Lipinski definition) is 7. The van der Waals surface area contributed by atoms with Crippen molar-refractivity contribution >= 4 is 50.1 Å². The number of piperidine rings is 1. The van der Waals surface area contributed by atoms with Gasteiger partial charge in [0.15, 0.2) is 11.5 Å². The molecule has 3 heterocycles. The third kappa shape index (κ3) is 5.81. The van der Waals surface area contributed by atoms with Crippen molar-refractivity contribution in [2.24, 2.45) is 0 Å². The third-order valence-corrected chi connectivity index (χ3v) is 8.13. The van der Waals surface area contributed by atoms with Gasteiger partial charge in [0.25, 0.3) is 11.5 Å². The first-order valence-corrected chi connectivity index (χ1v) is 14.1. The van der Waals surface area contributed by atoms with Crippen molar-refractivity contribution in [1.29, 1.82) is 0 Å². The lowest BCUT2D eigenvalue weighted by Gasteiger charge is -2.33. The van der Waals surface area contributed by atoms with Crippen LogP contribution in [0.25, 0.3) is 21.0 Å². The Kier molecular flexibility index (Phi) is 7.56. The molecule has 2 N–H and O–H groups in total. The van der Waals surface area contributed by atoms with Gasteiger partial charge in [-0.05, 0) is 51.8 Å². The summed E-state index contributed by atoms with van der Waals surface area (Å²) in [5, 5.41) is 14.1. The Labute approximate surface area is 239 Å². The monoisotopic (exact) mass is 579 g/mol. The number of rotatable bonds is 5. The second-order valence-electron chi connectivity index (χ2n) is 11.0. The number of ketones is 1. The third-order valence-electron chi connectivity index (χ3n) is 6.92. The Bertz CT molecular complexity index is 1720. The SMILES string of the molecule is CC(C)(C)OC(=O)N1CCC(NC(=O)c2sc3c(c2O)c(=O)n(CC(=O)c2ccccc2)c2ccc(F)cc32)CC1. The molecule has 1 aliphatic heterocycles. The van der Waals surface area contributed by atoms with E-state index in [0.29, 0.717) is 42.4 Å². The topological polar surface area (TPSA) is 118 Å². The summed E-state index contributed by atoms with van der Waals surface area (Å²) in [6.45, 7) is 5.84. The van der Waals surface area contributed by atoms with E-state index in [1.807, 2.05) is 0 Å². The molecule has 4 aromatic rings. The molecule has 2 amide bonds. The molecule has 2 aromatic heterocycles. The van der Waals surface area contributed by atoms with Crippen molar-refractivity contribution in [1.82, 2.24) is 14.8 Å². The summed E-state index contributed by atoms with van der Waals surface area (Å²) in [7, 11) is 0. The van der Waals surface area contributed by atoms with E-state index in [0.717, 1.165) is 11.3 Å². The number of pyridine rings is 1. The van der Waals surface area contributed by atoms with Gasteiger partial charge in [-0.15, -0.1) is 11.3 Å². The van der Waals surface area contributed by atoms with Crippen molar-refractivity contribution in [3.63, 3.8) is 0 Å². The van der Waals surface area contributed by atoms with Crippen LogP contribution in [0.4, 0.5) is 9.18 Å². The average Bonchev–Trinajstić information content (AvgIpc) is 3.28. The van der Waals surface area contributed by atoms with Gasteiger partial charge in [0, 0.05) is 30.1 Å². The van der Waals surface area contributed by atoms with Gasteiger partial charge in [0.05, 0.1) is 16.8 Å². The maximum atomic E-state index is 14.4. The number of nitrogens with one attached hydrogen (secondary N) is 1. The molecule has 1 fully saturated rings. The molecule has 1 saturated heterocycles. The summed E-state index contributed by atoms with van der Waals surface area (Å²) in [4.78, 5) is 53.7. The molecule has 0 spiro atoms.